The first-order chi connectivity index (χ1) is 11.5. The topological polar surface area (TPSA) is 45.7 Å². The van der Waals surface area contributed by atoms with E-state index in [1.54, 1.807) is 6.20 Å². The van der Waals surface area contributed by atoms with Crippen molar-refractivity contribution < 1.29 is 9.53 Å². The van der Waals surface area contributed by atoms with Crippen LogP contribution in [0.15, 0.2) is 42.6 Å². The van der Waals surface area contributed by atoms with E-state index < -0.39 is 0 Å². The van der Waals surface area contributed by atoms with E-state index in [-0.39, 0.29) is 12.0 Å². The number of carbonyl (C=O) groups excluding carboxylic acids is 1. The van der Waals surface area contributed by atoms with Gasteiger partial charge in [-0.25, -0.2) is 4.98 Å². The predicted octanol–water partition coefficient (Wildman–Crippen LogP) is 2.75. The summed E-state index contributed by atoms with van der Waals surface area (Å²) in [7, 11) is 3.94. The van der Waals surface area contributed by atoms with Gasteiger partial charge in [-0.05, 0) is 30.7 Å². The maximum atomic E-state index is 12.7. The molecule has 1 fully saturated rings. The number of amides is 1. The predicted molar refractivity (Wildman–Crippen MR) is 94.7 cm³/mol. The zero-order chi connectivity index (χ0) is 17.1. The van der Waals surface area contributed by atoms with Crippen LogP contribution in [0.2, 0.25) is 0 Å². The molecular weight excluding hydrogens is 302 g/mol. The molecule has 1 unspecified atom stereocenters. The van der Waals surface area contributed by atoms with Crippen molar-refractivity contribution in [2.24, 2.45) is 0 Å². The molecule has 1 saturated heterocycles. The van der Waals surface area contributed by atoms with Crippen molar-refractivity contribution in [3.05, 3.63) is 53.7 Å². The number of ether oxygens (including phenoxy) is 1. The molecule has 1 aliphatic heterocycles. The molecule has 2 heterocycles. The first-order valence-corrected chi connectivity index (χ1v) is 8.19. The van der Waals surface area contributed by atoms with E-state index in [1.807, 2.05) is 67.2 Å². The highest BCUT2D eigenvalue weighted by atomic mass is 16.5. The van der Waals surface area contributed by atoms with Gasteiger partial charge in [-0.3, -0.25) is 4.79 Å². The van der Waals surface area contributed by atoms with Crippen LogP contribution in [-0.4, -0.2) is 49.1 Å². The van der Waals surface area contributed by atoms with Crippen LogP contribution in [0.5, 0.6) is 5.88 Å². The van der Waals surface area contributed by atoms with E-state index in [9.17, 15) is 4.79 Å². The Morgan fingerprint density at radius 2 is 2.12 bits per heavy atom. The number of pyridine rings is 1. The summed E-state index contributed by atoms with van der Waals surface area (Å²) in [6, 6.07) is 11.6. The minimum Gasteiger partial charge on any atom is -0.472 e. The summed E-state index contributed by atoms with van der Waals surface area (Å²) in [6.07, 6.45) is 2.62. The molecule has 0 bridgehead atoms. The van der Waals surface area contributed by atoms with Crippen LogP contribution < -0.4 is 9.64 Å². The van der Waals surface area contributed by atoms with Crippen molar-refractivity contribution in [1.29, 1.82) is 0 Å². The van der Waals surface area contributed by atoms with Gasteiger partial charge in [-0.15, -0.1) is 0 Å². The maximum absolute atomic E-state index is 12.7. The van der Waals surface area contributed by atoms with Gasteiger partial charge in [-0.1, -0.05) is 12.1 Å². The van der Waals surface area contributed by atoms with Gasteiger partial charge in [0.2, 0.25) is 5.88 Å². The summed E-state index contributed by atoms with van der Waals surface area (Å²) < 4.78 is 5.90. The van der Waals surface area contributed by atoms with Crippen molar-refractivity contribution in [2.75, 3.05) is 32.1 Å². The molecule has 1 amide bonds. The average molecular weight is 325 g/mol. The van der Waals surface area contributed by atoms with E-state index >= 15 is 0 Å². The number of carbonyl (C=O) groups is 1. The van der Waals surface area contributed by atoms with E-state index in [2.05, 4.69) is 4.98 Å². The fraction of sp³-hybridized carbons (Fsp3) is 0.368. The Kier molecular flexibility index (Phi) is 4.69. The van der Waals surface area contributed by atoms with E-state index in [4.69, 9.17) is 4.74 Å². The number of hydrogen-bond donors (Lipinski definition) is 0. The van der Waals surface area contributed by atoms with Crippen molar-refractivity contribution in [2.45, 2.75) is 19.4 Å². The maximum Gasteiger partial charge on any atom is 0.254 e. The molecule has 0 N–H and O–H groups in total. The Hall–Kier alpha value is -2.56. The van der Waals surface area contributed by atoms with Gasteiger partial charge in [-0.2, -0.15) is 0 Å². The smallest absolute Gasteiger partial charge is 0.254 e. The van der Waals surface area contributed by atoms with Crippen LogP contribution in [0.4, 0.5) is 5.69 Å². The molecule has 0 aliphatic carbocycles. The van der Waals surface area contributed by atoms with Gasteiger partial charge < -0.3 is 14.5 Å². The minimum atomic E-state index is 0.00110. The molecule has 0 spiro atoms. The van der Waals surface area contributed by atoms with Crippen molar-refractivity contribution >= 4 is 11.6 Å². The quantitative estimate of drug-likeness (QED) is 0.867. The lowest BCUT2D eigenvalue weighted by Crippen LogP contribution is -2.31. The molecule has 3 rings (SSSR count). The fourth-order valence-electron chi connectivity index (χ4n) is 2.80. The van der Waals surface area contributed by atoms with Gasteiger partial charge >= 0.3 is 0 Å². The molecule has 0 radical (unpaired) electrons. The third-order valence-electron chi connectivity index (χ3n) is 4.21. The van der Waals surface area contributed by atoms with Gasteiger partial charge in [0.25, 0.3) is 5.91 Å². The van der Waals surface area contributed by atoms with E-state index in [0.717, 1.165) is 23.2 Å². The van der Waals surface area contributed by atoms with E-state index in [1.165, 1.54) is 0 Å². The highest BCUT2D eigenvalue weighted by Gasteiger charge is 2.28. The summed E-state index contributed by atoms with van der Waals surface area (Å²) >= 11 is 0. The molecule has 0 saturated carbocycles. The molecule has 24 heavy (non-hydrogen) atoms. The fourth-order valence-corrected chi connectivity index (χ4v) is 2.80. The third-order valence-corrected chi connectivity index (χ3v) is 4.21. The number of aryl methyl sites for hydroxylation is 1. The van der Waals surface area contributed by atoms with Crippen molar-refractivity contribution in [3.63, 3.8) is 0 Å². The lowest BCUT2D eigenvalue weighted by Gasteiger charge is -2.18. The Morgan fingerprint density at radius 1 is 1.29 bits per heavy atom. The summed E-state index contributed by atoms with van der Waals surface area (Å²) in [6.45, 7) is 3.30. The highest BCUT2D eigenvalue weighted by Crippen LogP contribution is 2.20. The summed E-state index contributed by atoms with van der Waals surface area (Å²) in [5, 5.41) is 0. The van der Waals surface area contributed by atoms with Gasteiger partial charge in [0, 0.05) is 50.6 Å². The number of anilines is 1. The zero-order valence-electron chi connectivity index (χ0n) is 14.4. The van der Waals surface area contributed by atoms with E-state index in [0.29, 0.717) is 19.0 Å². The number of likely N-dealkylation sites (tertiary alicyclic amines) is 1. The van der Waals surface area contributed by atoms with Crippen LogP contribution in [0.1, 0.15) is 22.3 Å². The lowest BCUT2D eigenvalue weighted by atomic mass is 10.1. The number of nitrogens with zero attached hydrogens (tertiary/aromatic N) is 3. The second-order valence-corrected chi connectivity index (χ2v) is 6.40. The lowest BCUT2D eigenvalue weighted by molar-refractivity contribution is 0.0771. The SMILES string of the molecule is Cc1ccc(OC2CCN(C(=O)c3cccc(N(C)C)c3)C2)nc1. The number of hydrogen-bond acceptors (Lipinski definition) is 4. The van der Waals surface area contributed by atoms with Crippen LogP contribution >= 0.6 is 0 Å². The standard InChI is InChI=1S/C19H23N3O2/c1-14-7-8-18(20-12-14)24-17-9-10-22(13-17)19(23)15-5-4-6-16(11-15)21(2)3/h4-8,11-12,17H,9-10,13H2,1-3H3. The van der Waals surface area contributed by atoms with Gasteiger partial charge in [0.15, 0.2) is 0 Å². The Bertz CT molecular complexity index is 713. The average Bonchev–Trinajstić information content (AvgIpc) is 3.05. The van der Waals surface area contributed by atoms with Crippen molar-refractivity contribution in [1.82, 2.24) is 9.88 Å². The third kappa shape index (κ3) is 3.67. The second-order valence-electron chi connectivity index (χ2n) is 6.40. The van der Waals surface area contributed by atoms with Crippen LogP contribution in [-0.2, 0) is 0 Å². The van der Waals surface area contributed by atoms with Gasteiger partial charge in [0.1, 0.15) is 6.10 Å². The molecule has 1 aromatic carbocycles. The largest absolute Gasteiger partial charge is 0.472 e. The Morgan fingerprint density at radius 3 is 2.83 bits per heavy atom. The highest BCUT2D eigenvalue weighted by molar-refractivity contribution is 5.95. The monoisotopic (exact) mass is 325 g/mol. The zero-order valence-corrected chi connectivity index (χ0v) is 14.4. The van der Waals surface area contributed by atoms with Crippen LogP contribution in [0.25, 0.3) is 0 Å². The molecular formula is C19H23N3O2. The summed E-state index contributed by atoms with van der Waals surface area (Å²) in [4.78, 5) is 20.8. The first-order valence-electron chi connectivity index (χ1n) is 8.19. The Balaban J connectivity index is 1.63. The normalized spacial score (nSPS) is 17.0. The number of rotatable bonds is 4. The summed E-state index contributed by atoms with van der Waals surface area (Å²) in [5.41, 5.74) is 2.85. The summed E-state index contributed by atoms with van der Waals surface area (Å²) in [5.74, 6) is 0.677. The molecule has 126 valence electrons. The Labute approximate surface area is 142 Å². The second kappa shape index (κ2) is 6.91. The molecule has 1 aliphatic rings. The molecule has 2 aromatic rings. The minimum absolute atomic E-state index is 0.00110. The molecule has 5 heteroatoms. The number of aromatic nitrogens is 1. The van der Waals surface area contributed by atoms with Crippen molar-refractivity contribution in [3.8, 4) is 5.88 Å². The number of benzene rings is 1. The molecule has 5 nitrogen and oxygen atoms in total. The van der Waals surface area contributed by atoms with Crippen LogP contribution in [0.3, 0.4) is 0 Å². The van der Waals surface area contributed by atoms with Crippen LogP contribution in [0, 0.1) is 6.92 Å². The first kappa shape index (κ1) is 16.3. The van der Waals surface area contributed by atoms with Gasteiger partial charge in [0.05, 0.1) is 6.54 Å². The molecule has 1 atom stereocenters. The molecule has 1 aromatic heterocycles.